The van der Waals surface area contributed by atoms with Crippen LogP contribution < -0.4 is 5.46 Å². The zero-order valence-corrected chi connectivity index (χ0v) is 8.42. The highest BCUT2D eigenvalue weighted by Crippen LogP contribution is 2.26. The quantitative estimate of drug-likeness (QED) is 0.625. The van der Waals surface area contributed by atoms with E-state index in [0.29, 0.717) is 11.0 Å². The number of benzene rings is 2. The number of para-hydroxylation sites is 2. The second kappa shape index (κ2) is 4.24. The van der Waals surface area contributed by atoms with Gasteiger partial charge in [0, 0.05) is 16.2 Å². The van der Waals surface area contributed by atoms with E-state index in [-0.39, 0.29) is 7.43 Å². The van der Waals surface area contributed by atoms with E-state index < -0.39 is 7.12 Å². The van der Waals surface area contributed by atoms with Gasteiger partial charge in [-0.2, -0.15) is 0 Å². The summed E-state index contributed by atoms with van der Waals surface area (Å²) in [7, 11) is -1.51. The molecule has 0 aliphatic rings. The van der Waals surface area contributed by atoms with Crippen LogP contribution in [0.25, 0.3) is 21.9 Å². The average Bonchev–Trinajstić information content (AvgIpc) is 2.67. The van der Waals surface area contributed by atoms with Gasteiger partial charge >= 0.3 is 7.12 Å². The largest absolute Gasteiger partial charge is 0.492 e. The van der Waals surface area contributed by atoms with Gasteiger partial charge in [0.1, 0.15) is 11.2 Å². The topological polar surface area (TPSA) is 53.6 Å². The molecule has 3 aromatic rings. The van der Waals surface area contributed by atoms with Crippen molar-refractivity contribution in [3.8, 4) is 0 Å². The van der Waals surface area contributed by atoms with E-state index in [4.69, 9.17) is 4.42 Å². The van der Waals surface area contributed by atoms with Crippen LogP contribution in [0.2, 0.25) is 0 Å². The summed E-state index contributed by atoms with van der Waals surface area (Å²) in [6, 6.07) is 13.0. The first-order valence-electron chi connectivity index (χ1n) is 5.03. The molecule has 0 bridgehead atoms. The Labute approximate surface area is 99.4 Å². The van der Waals surface area contributed by atoms with E-state index in [1.807, 2.05) is 30.3 Å². The van der Waals surface area contributed by atoms with Crippen LogP contribution in [0.4, 0.5) is 0 Å². The first kappa shape index (κ1) is 11.7. The maximum absolute atomic E-state index is 9.24. The van der Waals surface area contributed by atoms with Crippen molar-refractivity contribution in [2.24, 2.45) is 0 Å². The summed E-state index contributed by atoms with van der Waals surface area (Å²) < 4.78 is 5.62. The Morgan fingerprint density at radius 1 is 0.882 bits per heavy atom. The van der Waals surface area contributed by atoms with Crippen LogP contribution in [0.1, 0.15) is 7.43 Å². The Hall–Kier alpha value is -1.78. The van der Waals surface area contributed by atoms with Gasteiger partial charge in [0.15, 0.2) is 0 Å². The molecule has 0 spiro atoms. The molecule has 0 aliphatic heterocycles. The Balaban J connectivity index is 0.00000108. The van der Waals surface area contributed by atoms with Crippen LogP contribution in [0.3, 0.4) is 0 Å². The highest BCUT2D eigenvalue weighted by Gasteiger charge is 2.18. The van der Waals surface area contributed by atoms with Crippen LogP contribution in [0, 0.1) is 0 Å². The molecule has 1 aromatic heterocycles. The third kappa shape index (κ3) is 1.71. The van der Waals surface area contributed by atoms with Crippen LogP contribution in [0.15, 0.2) is 46.9 Å². The van der Waals surface area contributed by atoms with Crippen molar-refractivity contribution in [3.63, 3.8) is 0 Å². The SMILES string of the molecule is C.OB(O)c1cccc2c1oc1ccccc12. The lowest BCUT2D eigenvalue weighted by Crippen LogP contribution is -2.29. The van der Waals surface area contributed by atoms with E-state index in [1.54, 1.807) is 12.1 Å². The highest BCUT2D eigenvalue weighted by atomic mass is 16.4. The van der Waals surface area contributed by atoms with Crippen molar-refractivity contribution in [2.45, 2.75) is 7.43 Å². The lowest BCUT2D eigenvalue weighted by Gasteiger charge is -1.98. The van der Waals surface area contributed by atoms with Gasteiger partial charge in [0.2, 0.25) is 0 Å². The van der Waals surface area contributed by atoms with Gasteiger partial charge < -0.3 is 14.5 Å². The number of rotatable bonds is 1. The molecule has 0 saturated carbocycles. The van der Waals surface area contributed by atoms with Gasteiger partial charge in [0.25, 0.3) is 0 Å². The molecule has 0 fully saturated rings. The third-order valence-corrected chi connectivity index (χ3v) is 2.71. The Morgan fingerprint density at radius 3 is 2.35 bits per heavy atom. The van der Waals surface area contributed by atoms with Crippen molar-refractivity contribution in [2.75, 3.05) is 0 Å². The van der Waals surface area contributed by atoms with Crippen LogP contribution in [0.5, 0.6) is 0 Å². The molecule has 0 unspecified atom stereocenters. The summed E-state index contributed by atoms with van der Waals surface area (Å²) in [4.78, 5) is 0. The summed E-state index contributed by atoms with van der Waals surface area (Å²) in [5, 5.41) is 20.4. The summed E-state index contributed by atoms with van der Waals surface area (Å²) in [6.45, 7) is 0. The van der Waals surface area contributed by atoms with Gasteiger partial charge in [-0.1, -0.05) is 43.8 Å². The molecule has 3 nitrogen and oxygen atoms in total. The van der Waals surface area contributed by atoms with Crippen LogP contribution >= 0.6 is 0 Å². The summed E-state index contributed by atoms with van der Waals surface area (Å²) in [5.41, 5.74) is 1.69. The van der Waals surface area contributed by atoms with Gasteiger partial charge in [-0.15, -0.1) is 0 Å². The molecule has 3 rings (SSSR count). The summed E-state index contributed by atoms with van der Waals surface area (Å²) in [6.07, 6.45) is 0. The monoisotopic (exact) mass is 228 g/mol. The lowest BCUT2D eigenvalue weighted by atomic mass is 9.79. The molecule has 2 N–H and O–H groups in total. The Bertz CT molecular complexity index is 658. The maximum atomic E-state index is 9.24. The van der Waals surface area contributed by atoms with Crippen molar-refractivity contribution < 1.29 is 14.5 Å². The number of hydrogen-bond acceptors (Lipinski definition) is 3. The standard InChI is InChI=1S/C12H9BO3.CH4/c14-13(15)10-6-3-5-9-8-4-1-2-7-11(8)16-12(9)10;/h1-7,14-15H;1H4. The fourth-order valence-corrected chi connectivity index (χ4v) is 1.97. The molecule has 17 heavy (non-hydrogen) atoms. The molecular formula is C13H13BO3. The van der Waals surface area contributed by atoms with Gasteiger partial charge in [-0.3, -0.25) is 0 Å². The highest BCUT2D eigenvalue weighted by molar-refractivity contribution is 6.61. The average molecular weight is 228 g/mol. The lowest BCUT2D eigenvalue weighted by molar-refractivity contribution is 0.425. The van der Waals surface area contributed by atoms with Crippen molar-refractivity contribution in [3.05, 3.63) is 42.5 Å². The smallest absolute Gasteiger partial charge is 0.456 e. The first-order valence-corrected chi connectivity index (χ1v) is 5.03. The minimum Gasteiger partial charge on any atom is -0.456 e. The fraction of sp³-hybridized carbons (Fsp3) is 0.0769. The van der Waals surface area contributed by atoms with Crippen LogP contribution in [-0.2, 0) is 0 Å². The zero-order valence-electron chi connectivity index (χ0n) is 8.42. The minimum absolute atomic E-state index is 0. The van der Waals surface area contributed by atoms with Crippen molar-refractivity contribution in [1.29, 1.82) is 0 Å². The van der Waals surface area contributed by atoms with Crippen LogP contribution in [-0.4, -0.2) is 17.2 Å². The van der Waals surface area contributed by atoms with E-state index in [2.05, 4.69) is 0 Å². The molecule has 0 atom stereocenters. The first-order chi connectivity index (χ1) is 7.77. The molecule has 86 valence electrons. The Morgan fingerprint density at radius 2 is 1.59 bits per heavy atom. The third-order valence-electron chi connectivity index (χ3n) is 2.71. The van der Waals surface area contributed by atoms with Gasteiger partial charge in [-0.25, -0.2) is 0 Å². The number of furan rings is 1. The van der Waals surface area contributed by atoms with Gasteiger partial charge in [-0.05, 0) is 6.07 Å². The second-order valence-corrected chi connectivity index (χ2v) is 3.70. The second-order valence-electron chi connectivity index (χ2n) is 3.70. The number of fused-ring (bicyclic) bond motifs is 3. The number of hydrogen-bond donors (Lipinski definition) is 2. The molecule has 0 aliphatic carbocycles. The van der Waals surface area contributed by atoms with E-state index in [0.717, 1.165) is 16.4 Å². The molecule has 1 heterocycles. The normalized spacial score (nSPS) is 10.5. The summed E-state index contributed by atoms with van der Waals surface area (Å²) >= 11 is 0. The molecule has 4 heteroatoms. The summed E-state index contributed by atoms with van der Waals surface area (Å²) in [5.74, 6) is 0. The van der Waals surface area contributed by atoms with Gasteiger partial charge in [0.05, 0.1) is 0 Å². The van der Waals surface area contributed by atoms with E-state index in [9.17, 15) is 10.0 Å². The molecule has 0 saturated heterocycles. The minimum atomic E-state index is -1.51. The molecular weight excluding hydrogens is 215 g/mol. The molecule has 0 amide bonds. The fourth-order valence-electron chi connectivity index (χ4n) is 1.97. The Kier molecular flexibility index (Phi) is 2.92. The molecule has 2 aromatic carbocycles. The predicted molar refractivity (Wildman–Crippen MR) is 70.3 cm³/mol. The maximum Gasteiger partial charge on any atom is 0.492 e. The van der Waals surface area contributed by atoms with E-state index >= 15 is 0 Å². The van der Waals surface area contributed by atoms with E-state index in [1.165, 1.54) is 0 Å². The predicted octanol–water partition coefficient (Wildman–Crippen LogP) is 1.90. The zero-order chi connectivity index (χ0) is 11.1. The molecule has 0 radical (unpaired) electrons. The van der Waals surface area contributed by atoms with Crippen molar-refractivity contribution in [1.82, 2.24) is 0 Å². The van der Waals surface area contributed by atoms with Crippen molar-refractivity contribution >= 4 is 34.5 Å².